The molecule has 12 rings (SSSR count). The van der Waals surface area contributed by atoms with E-state index >= 15 is 0 Å². The minimum absolute atomic E-state index is 0.565. The second-order valence-corrected chi connectivity index (χ2v) is 16.4. The average molecular weight is 804 g/mol. The van der Waals surface area contributed by atoms with Gasteiger partial charge in [0.15, 0.2) is 0 Å². The number of hydrogen-bond donors (Lipinski definition) is 0. The summed E-state index contributed by atoms with van der Waals surface area (Å²) in [6, 6.07) is 89.9. The van der Waals surface area contributed by atoms with E-state index in [-0.39, 0.29) is 0 Å². The van der Waals surface area contributed by atoms with Gasteiger partial charge in [-0.25, -0.2) is 0 Å². The van der Waals surface area contributed by atoms with Gasteiger partial charge in [0.1, 0.15) is 11.2 Å². The number of rotatable bonds is 8. The van der Waals surface area contributed by atoms with Gasteiger partial charge in [0.2, 0.25) is 0 Å². The quantitative estimate of drug-likeness (QED) is 0.152. The van der Waals surface area contributed by atoms with E-state index in [4.69, 9.17) is 4.42 Å². The zero-order chi connectivity index (χ0) is 41.7. The van der Waals surface area contributed by atoms with Crippen molar-refractivity contribution in [3.63, 3.8) is 0 Å². The van der Waals surface area contributed by atoms with Gasteiger partial charge in [-0.2, -0.15) is 0 Å². The van der Waals surface area contributed by atoms with Crippen LogP contribution >= 0.6 is 0 Å². The first-order chi connectivity index (χ1) is 31.3. The Morgan fingerprint density at radius 2 is 0.762 bits per heavy atom. The smallest absolute Gasteiger partial charge is 0.136 e. The van der Waals surface area contributed by atoms with Gasteiger partial charge in [-0.05, 0) is 110 Å². The van der Waals surface area contributed by atoms with Crippen LogP contribution in [0.4, 0.5) is 17.1 Å². The number of benzene rings is 10. The molecule has 2 nitrogen and oxygen atoms in total. The van der Waals surface area contributed by atoms with E-state index in [2.05, 4.69) is 254 Å². The van der Waals surface area contributed by atoms with E-state index in [0.717, 1.165) is 44.6 Å². The van der Waals surface area contributed by atoms with Crippen LogP contribution in [0.15, 0.2) is 253 Å². The molecule has 63 heavy (non-hydrogen) atoms. The van der Waals surface area contributed by atoms with Crippen molar-refractivity contribution < 1.29 is 4.42 Å². The lowest BCUT2D eigenvalue weighted by Gasteiger charge is -2.34. The lowest BCUT2D eigenvalue weighted by Crippen LogP contribution is -2.28. The second-order valence-electron chi connectivity index (χ2n) is 16.4. The molecular formula is C61H41NO. The van der Waals surface area contributed by atoms with Crippen molar-refractivity contribution >= 4 is 39.0 Å². The SMILES string of the molecule is c1ccc(-c2ccc(N(c3ccc(-c4ccccc4)cc3)c3ccc4oc5cc6c(c(-c7ccccc7)c5c4c3)-c3ccccc3C6(c3ccccc3)c3ccccc3)cc2)cc1. The highest BCUT2D eigenvalue weighted by Crippen LogP contribution is 2.60. The average Bonchev–Trinajstić information content (AvgIpc) is 3.88. The van der Waals surface area contributed by atoms with Gasteiger partial charge in [0.05, 0.1) is 5.41 Å². The molecule has 0 bridgehead atoms. The van der Waals surface area contributed by atoms with Gasteiger partial charge < -0.3 is 9.32 Å². The van der Waals surface area contributed by atoms with Crippen LogP contribution in [0, 0.1) is 0 Å². The highest BCUT2D eigenvalue weighted by molar-refractivity contribution is 6.18. The summed E-state index contributed by atoms with van der Waals surface area (Å²) in [4.78, 5) is 2.36. The minimum Gasteiger partial charge on any atom is -0.456 e. The Labute approximate surface area is 367 Å². The normalized spacial score (nSPS) is 12.6. The Hall–Kier alpha value is -8.20. The van der Waals surface area contributed by atoms with Gasteiger partial charge in [-0.3, -0.25) is 0 Å². The molecule has 0 fully saturated rings. The number of furan rings is 1. The lowest BCUT2D eigenvalue weighted by atomic mass is 9.67. The molecule has 0 N–H and O–H groups in total. The highest BCUT2D eigenvalue weighted by atomic mass is 16.3. The van der Waals surface area contributed by atoms with Crippen molar-refractivity contribution in [2.45, 2.75) is 5.41 Å². The van der Waals surface area contributed by atoms with Crippen LogP contribution in [0.5, 0.6) is 0 Å². The molecule has 0 radical (unpaired) electrons. The maximum absolute atomic E-state index is 7.06. The lowest BCUT2D eigenvalue weighted by molar-refractivity contribution is 0.666. The molecule has 10 aromatic carbocycles. The molecule has 1 aliphatic rings. The molecule has 1 heterocycles. The monoisotopic (exact) mass is 803 g/mol. The van der Waals surface area contributed by atoms with Crippen molar-refractivity contribution in [2.24, 2.45) is 0 Å². The second kappa shape index (κ2) is 15.1. The van der Waals surface area contributed by atoms with Gasteiger partial charge >= 0.3 is 0 Å². The van der Waals surface area contributed by atoms with Gasteiger partial charge in [0, 0.05) is 33.4 Å². The molecule has 2 heteroatoms. The van der Waals surface area contributed by atoms with Gasteiger partial charge in [-0.1, -0.05) is 200 Å². The van der Waals surface area contributed by atoms with Crippen molar-refractivity contribution in [1.29, 1.82) is 0 Å². The predicted molar refractivity (Wildman–Crippen MR) is 262 cm³/mol. The van der Waals surface area contributed by atoms with E-state index in [9.17, 15) is 0 Å². The molecule has 11 aromatic rings. The summed E-state index contributed by atoms with van der Waals surface area (Å²) >= 11 is 0. The molecule has 0 saturated heterocycles. The van der Waals surface area contributed by atoms with E-state index in [0.29, 0.717) is 0 Å². The third-order valence-electron chi connectivity index (χ3n) is 12.9. The fraction of sp³-hybridized carbons (Fsp3) is 0.0164. The molecule has 0 spiro atoms. The third-order valence-corrected chi connectivity index (χ3v) is 12.9. The molecule has 1 aliphatic carbocycles. The van der Waals surface area contributed by atoms with Crippen molar-refractivity contribution in [1.82, 2.24) is 0 Å². The van der Waals surface area contributed by atoms with Crippen molar-refractivity contribution in [2.75, 3.05) is 4.90 Å². The molecule has 296 valence electrons. The Kier molecular flexibility index (Phi) is 8.76. The van der Waals surface area contributed by atoms with E-state index in [1.807, 2.05) is 0 Å². The zero-order valence-electron chi connectivity index (χ0n) is 34.5. The summed E-state index contributed by atoms with van der Waals surface area (Å²) in [6.45, 7) is 0. The van der Waals surface area contributed by atoms with E-state index in [1.54, 1.807) is 0 Å². The van der Waals surface area contributed by atoms with Gasteiger partial charge in [-0.15, -0.1) is 0 Å². The zero-order valence-corrected chi connectivity index (χ0v) is 34.5. The summed E-state index contributed by atoms with van der Waals surface area (Å²) in [5.74, 6) is 0. The Balaban J connectivity index is 1.12. The van der Waals surface area contributed by atoms with Crippen LogP contribution in [-0.4, -0.2) is 0 Å². The fourth-order valence-corrected chi connectivity index (χ4v) is 10.2. The summed E-state index contributed by atoms with van der Waals surface area (Å²) < 4.78 is 7.06. The minimum atomic E-state index is -0.565. The molecule has 1 aromatic heterocycles. The first-order valence-electron chi connectivity index (χ1n) is 21.7. The molecular weight excluding hydrogens is 763 g/mol. The summed E-state index contributed by atoms with van der Waals surface area (Å²) in [5, 5.41) is 2.19. The van der Waals surface area contributed by atoms with Crippen LogP contribution in [0.1, 0.15) is 22.3 Å². The van der Waals surface area contributed by atoms with Crippen LogP contribution < -0.4 is 4.90 Å². The largest absolute Gasteiger partial charge is 0.456 e. The molecule has 0 atom stereocenters. The number of hydrogen-bond acceptors (Lipinski definition) is 2. The summed E-state index contributed by atoms with van der Waals surface area (Å²) in [5.41, 5.74) is 18.9. The van der Waals surface area contributed by atoms with Crippen LogP contribution in [0.3, 0.4) is 0 Å². The van der Waals surface area contributed by atoms with Crippen LogP contribution in [0.2, 0.25) is 0 Å². The van der Waals surface area contributed by atoms with Gasteiger partial charge in [0.25, 0.3) is 0 Å². The summed E-state index contributed by atoms with van der Waals surface area (Å²) in [7, 11) is 0. The van der Waals surface area contributed by atoms with E-state index in [1.165, 1.54) is 61.2 Å². The number of nitrogens with zero attached hydrogens (tertiary/aromatic N) is 1. The first kappa shape index (κ1) is 36.6. The van der Waals surface area contributed by atoms with E-state index < -0.39 is 5.41 Å². The maximum Gasteiger partial charge on any atom is 0.136 e. The highest BCUT2D eigenvalue weighted by Gasteiger charge is 2.47. The molecule has 0 saturated carbocycles. The topological polar surface area (TPSA) is 16.4 Å². The summed E-state index contributed by atoms with van der Waals surface area (Å²) in [6.07, 6.45) is 0. The van der Waals surface area contributed by atoms with Crippen molar-refractivity contribution in [3.05, 3.63) is 271 Å². The first-order valence-corrected chi connectivity index (χ1v) is 21.7. The third kappa shape index (κ3) is 5.95. The van der Waals surface area contributed by atoms with Crippen LogP contribution in [-0.2, 0) is 5.41 Å². The number of fused-ring (bicyclic) bond motifs is 6. The Morgan fingerprint density at radius 3 is 1.30 bits per heavy atom. The Bertz CT molecular complexity index is 3270. The standard InChI is InChI=1S/C61H41NO/c1-6-18-42(19-7-1)44-30-34-49(35-31-44)62(50-36-32-45(33-37-50)43-20-8-2-9-21-43)51-38-39-56-53(40-51)60-57(63-56)41-55-59(58(60)46-22-10-3-11-23-46)52-28-16-17-29-54(52)61(55,47-24-12-4-13-25-47)48-26-14-5-15-27-48/h1-41H. The molecule has 0 aliphatic heterocycles. The maximum atomic E-state index is 7.06. The fourth-order valence-electron chi connectivity index (χ4n) is 10.2. The Morgan fingerprint density at radius 1 is 0.317 bits per heavy atom. The van der Waals surface area contributed by atoms with Crippen molar-refractivity contribution in [3.8, 4) is 44.5 Å². The predicted octanol–water partition coefficient (Wildman–Crippen LogP) is 16.4. The molecule has 0 unspecified atom stereocenters. The number of anilines is 3. The molecule has 0 amide bonds. The van der Waals surface area contributed by atoms with Crippen LogP contribution in [0.25, 0.3) is 66.4 Å².